The lowest BCUT2D eigenvalue weighted by atomic mass is 9.73. The summed E-state index contributed by atoms with van der Waals surface area (Å²) in [5.41, 5.74) is -0.329. The third kappa shape index (κ3) is 10.5. The van der Waals surface area contributed by atoms with E-state index in [4.69, 9.17) is 32.5 Å². The van der Waals surface area contributed by atoms with Crippen LogP contribution in [0.25, 0.3) is 0 Å². The number of rotatable bonds is 9. The second kappa shape index (κ2) is 15.9. The summed E-state index contributed by atoms with van der Waals surface area (Å²) >= 11 is 12.2. The van der Waals surface area contributed by atoms with Crippen LogP contribution in [0.2, 0.25) is 10.0 Å². The summed E-state index contributed by atoms with van der Waals surface area (Å²) in [7, 11) is -0.705. The molecule has 2 atom stereocenters. The standard InChI is InChI=1S/C26H31BCl2F3N3O4.H2S/c1-16(2)13-23(27-38-11-9-33-10-12-39-27)35-25(37)22(14-17-3-5-18(6-4-17)26(30,31)32)34-24(36)20-15-19(28)7-8-21(20)29;/h3-8,15-16,22-23,33H,9-14H2,1-2H3,(H,34,36)(H,35,37);1H2/t22-,23-;/m0./s1. The van der Waals surface area contributed by atoms with Gasteiger partial charge in [-0.1, -0.05) is 49.2 Å². The van der Waals surface area contributed by atoms with Crippen molar-refractivity contribution < 1.29 is 32.1 Å². The summed E-state index contributed by atoms with van der Waals surface area (Å²) < 4.78 is 50.8. The van der Waals surface area contributed by atoms with Crippen LogP contribution in [0.5, 0.6) is 0 Å². The van der Waals surface area contributed by atoms with E-state index in [-0.39, 0.29) is 41.4 Å². The number of carbonyl (C=O) groups excluding carboxylic acids is 2. The molecule has 0 aliphatic carbocycles. The maximum absolute atomic E-state index is 13.6. The molecule has 0 unspecified atom stereocenters. The number of halogens is 5. The van der Waals surface area contributed by atoms with Crippen LogP contribution in [0.3, 0.4) is 0 Å². The van der Waals surface area contributed by atoms with Crippen LogP contribution in [0.4, 0.5) is 13.2 Å². The Morgan fingerprint density at radius 3 is 2.23 bits per heavy atom. The Hall–Kier alpha value is -1.96. The van der Waals surface area contributed by atoms with Gasteiger partial charge >= 0.3 is 13.3 Å². The van der Waals surface area contributed by atoms with Gasteiger partial charge in [-0.2, -0.15) is 26.7 Å². The van der Waals surface area contributed by atoms with Gasteiger partial charge in [0, 0.05) is 37.7 Å². The molecule has 220 valence electrons. The van der Waals surface area contributed by atoms with Crippen molar-refractivity contribution in [2.75, 3.05) is 26.3 Å². The average molecular weight is 622 g/mol. The number of carbonyl (C=O) groups is 2. The van der Waals surface area contributed by atoms with Gasteiger partial charge in [-0.25, -0.2) is 0 Å². The maximum Gasteiger partial charge on any atom is 0.480 e. The van der Waals surface area contributed by atoms with Crippen LogP contribution >= 0.6 is 36.7 Å². The molecular formula is C26H33BCl2F3N3O4S. The number of alkyl halides is 3. The highest BCUT2D eigenvalue weighted by Crippen LogP contribution is 2.29. The SMILES string of the molecule is CC(C)C[C@H](NC(=O)[C@H](Cc1ccc(C(F)(F)F)cc1)NC(=O)c1cc(Cl)ccc1Cl)B1OCCNCCO1.S. The van der Waals surface area contributed by atoms with E-state index in [0.717, 1.165) is 12.1 Å². The zero-order valence-corrected chi connectivity index (χ0v) is 24.6. The highest BCUT2D eigenvalue weighted by Gasteiger charge is 2.35. The van der Waals surface area contributed by atoms with E-state index < -0.39 is 42.7 Å². The van der Waals surface area contributed by atoms with Crippen LogP contribution in [0, 0.1) is 5.92 Å². The summed E-state index contributed by atoms with van der Waals surface area (Å²) in [6.07, 6.45) is -4.03. The molecule has 1 fully saturated rings. The third-order valence-electron chi connectivity index (χ3n) is 6.02. The molecule has 1 aliphatic heterocycles. The summed E-state index contributed by atoms with van der Waals surface area (Å²) in [4.78, 5) is 26.7. The van der Waals surface area contributed by atoms with Crippen molar-refractivity contribution in [1.29, 1.82) is 0 Å². The molecule has 1 saturated heterocycles. The third-order valence-corrected chi connectivity index (χ3v) is 6.58. The summed E-state index contributed by atoms with van der Waals surface area (Å²) in [5, 5.41) is 9.18. The highest BCUT2D eigenvalue weighted by atomic mass is 35.5. The van der Waals surface area contributed by atoms with Gasteiger partial charge in [0.2, 0.25) is 5.91 Å². The number of hydrogen-bond donors (Lipinski definition) is 3. The lowest BCUT2D eigenvalue weighted by Crippen LogP contribution is -2.57. The van der Waals surface area contributed by atoms with Crippen molar-refractivity contribution >= 4 is 55.6 Å². The van der Waals surface area contributed by atoms with Crippen molar-refractivity contribution in [3.63, 3.8) is 0 Å². The average Bonchev–Trinajstić information content (AvgIpc) is 2.84. The van der Waals surface area contributed by atoms with E-state index in [1.165, 1.54) is 30.3 Å². The molecule has 40 heavy (non-hydrogen) atoms. The first-order chi connectivity index (χ1) is 18.4. The van der Waals surface area contributed by atoms with Gasteiger partial charge in [-0.3, -0.25) is 9.59 Å². The van der Waals surface area contributed by atoms with Crippen molar-refractivity contribution in [1.82, 2.24) is 16.0 Å². The zero-order chi connectivity index (χ0) is 28.6. The van der Waals surface area contributed by atoms with Crippen molar-refractivity contribution in [2.45, 2.75) is 44.8 Å². The molecule has 0 saturated carbocycles. The fraction of sp³-hybridized carbons (Fsp3) is 0.462. The van der Waals surface area contributed by atoms with Gasteiger partial charge in [0.25, 0.3) is 5.91 Å². The monoisotopic (exact) mass is 621 g/mol. The first kappa shape index (κ1) is 34.2. The minimum absolute atomic E-state index is 0. The van der Waals surface area contributed by atoms with Gasteiger partial charge < -0.3 is 25.3 Å². The minimum Gasteiger partial charge on any atom is -0.408 e. The Bertz CT molecular complexity index is 1120. The predicted molar refractivity (Wildman–Crippen MR) is 155 cm³/mol. The normalized spacial score (nSPS) is 15.8. The second-order valence-corrected chi connectivity index (χ2v) is 10.5. The van der Waals surface area contributed by atoms with Gasteiger partial charge in [-0.15, -0.1) is 0 Å². The molecule has 2 amide bonds. The fourth-order valence-corrected chi connectivity index (χ4v) is 4.49. The molecule has 2 aromatic carbocycles. The smallest absolute Gasteiger partial charge is 0.408 e. The minimum atomic E-state index is -4.50. The van der Waals surface area contributed by atoms with Crippen LogP contribution in [-0.2, 0) is 26.7 Å². The van der Waals surface area contributed by atoms with E-state index >= 15 is 0 Å². The lowest BCUT2D eigenvalue weighted by Gasteiger charge is -2.29. The molecule has 0 aromatic heterocycles. The summed E-state index contributed by atoms with van der Waals surface area (Å²) in [6, 6.07) is 7.64. The fourth-order valence-electron chi connectivity index (χ4n) is 4.11. The quantitative estimate of drug-likeness (QED) is 0.355. The molecule has 0 radical (unpaired) electrons. The largest absolute Gasteiger partial charge is 0.480 e. The van der Waals surface area contributed by atoms with E-state index in [9.17, 15) is 22.8 Å². The molecule has 14 heteroatoms. The molecule has 0 bridgehead atoms. The van der Waals surface area contributed by atoms with Crippen LogP contribution in [0.1, 0.15) is 41.8 Å². The Morgan fingerprint density at radius 2 is 1.65 bits per heavy atom. The van der Waals surface area contributed by atoms with Gasteiger partial charge in [0.1, 0.15) is 6.04 Å². The maximum atomic E-state index is 13.6. The Morgan fingerprint density at radius 1 is 1.02 bits per heavy atom. The lowest BCUT2D eigenvalue weighted by molar-refractivity contribution is -0.137. The molecule has 7 nitrogen and oxygen atoms in total. The molecular weight excluding hydrogens is 589 g/mol. The van der Waals surface area contributed by atoms with Crippen molar-refractivity contribution in [2.24, 2.45) is 5.92 Å². The number of nitrogens with one attached hydrogen (secondary N) is 3. The molecule has 3 rings (SSSR count). The topological polar surface area (TPSA) is 88.7 Å². The number of benzene rings is 2. The van der Waals surface area contributed by atoms with Gasteiger partial charge in [0.05, 0.1) is 22.1 Å². The van der Waals surface area contributed by atoms with E-state index in [1.807, 2.05) is 13.8 Å². The molecule has 0 spiro atoms. The van der Waals surface area contributed by atoms with E-state index in [1.54, 1.807) is 0 Å². The van der Waals surface area contributed by atoms with Gasteiger partial charge in [-0.05, 0) is 48.2 Å². The Balaban J connectivity index is 0.00000560. The molecule has 1 aliphatic rings. The summed E-state index contributed by atoms with van der Waals surface area (Å²) in [5.74, 6) is -1.55. The number of amides is 2. The molecule has 2 aromatic rings. The first-order valence-electron chi connectivity index (χ1n) is 12.6. The molecule has 3 N–H and O–H groups in total. The highest BCUT2D eigenvalue weighted by molar-refractivity contribution is 7.59. The van der Waals surface area contributed by atoms with Crippen LogP contribution in [-0.4, -0.2) is 57.2 Å². The second-order valence-electron chi connectivity index (χ2n) is 9.65. The summed E-state index contributed by atoms with van der Waals surface area (Å²) in [6.45, 7) is 6.02. The predicted octanol–water partition coefficient (Wildman–Crippen LogP) is 4.66. The Labute approximate surface area is 249 Å². The van der Waals surface area contributed by atoms with Crippen LogP contribution in [0.15, 0.2) is 42.5 Å². The van der Waals surface area contributed by atoms with Gasteiger partial charge in [0.15, 0.2) is 0 Å². The van der Waals surface area contributed by atoms with Crippen molar-refractivity contribution in [3.8, 4) is 0 Å². The molecule has 1 heterocycles. The van der Waals surface area contributed by atoms with E-state index in [0.29, 0.717) is 38.3 Å². The zero-order valence-electron chi connectivity index (χ0n) is 22.1. The number of hydrogen-bond acceptors (Lipinski definition) is 5. The Kier molecular flexibility index (Phi) is 13.6. The van der Waals surface area contributed by atoms with Crippen LogP contribution < -0.4 is 16.0 Å². The van der Waals surface area contributed by atoms with E-state index in [2.05, 4.69) is 16.0 Å². The van der Waals surface area contributed by atoms with Crippen molar-refractivity contribution in [3.05, 3.63) is 69.2 Å². The first-order valence-corrected chi connectivity index (χ1v) is 13.4.